The minimum atomic E-state index is -0.472. The van der Waals surface area contributed by atoms with E-state index in [2.05, 4.69) is 18.8 Å². The standard InChI is InChI=1S/C16H22N4O/c1-16(2,9-17)10-20(3)14-11-6-4-5-7-13(11)19-8-12(14)15(18)21/h4-8H,9-10,17H2,1-3H3,(H2,18,21). The predicted molar refractivity (Wildman–Crippen MR) is 86.4 cm³/mol. The third-order valence-corrected chi connectivity index (χ3v) is 3.61. The molecule has 5 heteroatoms. The van der Waals surface area contributed by atoms with Gasteiger partial charge in [0.25, 0.3) is 5.91 Å². The van der Waals surface area contributed by atoms with Gasteiger partial charge in [0.05, 0.1) is 16.8 Å². The first-order chi connectivity index (χ1) is 9.85. The SMILES string of the molecule is CN(CC(C)(C)CN)c1c(C(N)=O)cnc2ccccc12. The van der Waals surface area contributed by atoms with E-state index in [1.807, 2.05) is 36.2 Å². The molecular formula is C16H22N4O. The number of carbonyl (C=O) groups excluding carboxylic acids is 1. The molecule has 0 atom stereocenters. The lowest BCUT2D eigenvalue weighted by atomic mass is 9.92. The second kappa shape index (κ2) is 5.69. The highest BCUT2D eigenvalue weighted by atomic mass is 16.1. The lowest BCUT2D eigenvalue weighted by Gasteiger charge is -2.32. The molecule has 0 aliphatic carbocycles. The van der Waals surface area contributed by atoms with Crippen LogP contribution in [0.1, 0.15) is 24.2 Å². The van der Waals surface area contributed by atoms with E-state index in [4.69, 9.17) is 11.5 Å². The van der Waals surface area contributed by atoms with Crippen LogP contribution < -0.4 is 16.4 Å². The number of anilines is 1. The maximum absolute atomic E-state index is 11.7. The molecule has 21 heavy (non-hydrogen) atoms. The minimum absolute atomic E-state index is 0.0615. The van der Waals surface area contributed by atoms with Crippen LogP contribution in [0.3, 0.4) is 0 Å². The van der Waals surface area contributed by atoms with Crippen LogP contribution in [0, 0.1) is 5.41 Å². The Morgan fingerprint density at radius 2 is 2.00 bits per heavy atom. The van der Waals surface area contributed by atoms with Gasteiger partial charge in [-0.25, -0.2) is 0 Å². The first-order valence-corrected chi connectivity index (χ1v) is 6.94. The number of para-hydroxylation sites is 1. The maximum atomic E-state index is 11.7. The van der Waals surface area contributed by atoms with Crippen molar-refractivity contribution in [1.29, 1.82) is 0 Å². The monoisotopic (exact) mass is 286 g/mol. The predicted octanol–water partition coefficient (Wildman–Crippen LogP) is 1.75. The number of aromatic nitrogens is 1. The molecule has 0 radical (unpaired) electrons. The molecule has 112 valence electrons. The zero-order chi connectivity index (χ0) is 15.6. The topological polar surface area (TPSA) is 85.2 Å². The van der Waals surface area contributed by atoms with Crippen molar-refractivity contribution >= 4 is 22.5 Å². The number of pyridine rings is 1. The Morgan fingerprint density at radius 3 is 2.62 bits per heavy atom. The van der Waals surface area contributed by atoms with E-state index in [1.54, 1.807) is 6.20 Å². The summed E-state index contributed by atoms with van der Waals surface area (Å²) in [4.78, 5) is 18.1. The number of hydrogen-bond acceptors (Lipinski definition) is 4. The summed E-state index contributed by atoms with van der Waals surface area (Å²) in [5.41, 5.74) is 13.4. The zero-order valence-corrected chi connectivity index (χ0v) is 12.8. The summed E-state index contributed by atoms with van der Waals surface area (Å²) in [6.45, 7) is 5.47. The maximum Gasteiger partial charge on any atom is 0.252 e. The van der Waals surface area contributed by atoms with Gasteiger partial charge in [-0.1, -0.05) is 32.0 Å². The minimum Gasteiger partial charge on any atom is -0.373 e. The Bertz CT molecular complexity index is 666. The van der Waals surface area contributed by atoms with Gasteiger partial charge in [0.2, 0.25) is 0 Å². The van der Waals surface area contributed by atoms with Crippen LogP contribution in [0.2, 0.25) is 0 Å². The Balaban J connectivity index is 2.58. The normalized spacial score (nSPS) is 11.6. The Labute approximate surface area is 124 Å². The molecule has 0 saturated heterocycles. The smallest absolute Gasteiger partial charge is 0.252 e. The summed E-state index contributed by atoms with van der Waals surface area (Å²) in [6, 6.07) is 7.73. The summed E-state index contributed by atoms with van der Waals surface area (Å²) in [7, 11) is 1.95. The molecule has 2 rings (SSSR count). The van der Waals surface area contributed by atoms with Gasteiger partial charge in [-0.05, 0) is 18.0 Å². The van der Waals surface area contributed by atoms with E-state index in [0.717, 1.165) is 23.1 Å². The molecule has 0 bridgehead atoms. The quantitative estimate of drug-likeness (QED) is 0.877. The molecule has 1 heterocycles. The lowest BCUT2D eigenvalue weighted by Crippen LogP contribution is -2.37. The number of carbonyl (C=O) groups is 1. The molecule has 4 N–H and O–H groups in total. The van der Waals surface area contributed by atoms with Crippen molar-refractivity contribution in [2.45, 2.75) is 13.8 Å². The fourth-order valence-corrected chi connectivity index (χ4v) is 2.50. The summed E-state index contributed by atoms with van der Waals surface area (Å²) >= 11 is 0. The van der Waals surface area contributed by atoms with Gasteiger partial charge < -0.3 is 16.4 Å². The first kappa shape index (κ1) is 15.3. The second-order valence-electron chi connectivity index (χ2n) is 6.13. The Hall–Kier alpha value is -2.14. The van der Waals surface area contributed by atoms with E-state index < -0.39 is 5.91 Å². The van der Waals surface area contributed by atoms with Crippen molar-refractivity contribution in [3.63, 3.8) is 0 Å². The van der Waals surface area contributed by atoms with Gasteiger partial charge in [-0.3, -0.25) is 9.78 Å². The average molecular weight is 286 g/mol. The molecule has 0 aliphatic heterocycles. The van der Waals surface area contributed by atoms with Crippen LogP contribution >= 0.6 is 0 Å². The fraction of sp³-hybridized carbons (Fsp3) is 0.375. The number of rotatable bonds is 5. The number of nitrogens with two attached hydrogens (primary N) is 2. The molecule has 2 aromatic rings. The van der Waals surface area contributed by atoms with Crippen LogP contribution in [0.5, 0.6) is 0 Å². The number of benzene rings is 1. The molecular weight excluding hydrogens is 264 g/mol. The van der Waals surface area contributed by atoms with Crippen LogP contribution in [0.4, 0.5) is 5.69 Å². The number of hydrogen-bond donors (Lipinski definition) is 2. The van der Waals surface area contributed by atoms with Gasteiger partial charge in [-0.15, -0.1) is 0 Å². The van der Waals surface area contributed by atoms with E-state index in [9.17, 15) is 4.79 Å². The number of nitrogens with zero attached hydrogens (tertiary/aromatic N) is 2. The Kier molecular flexibility index (Phi) is 4.14. The van der Waals surface area contributed by atoms with E-state index >= 15 is 0 Å². The molecule has 1 aromatic carbocycles. The third-order valence-electron chi connectivity index (χ3n) is 3.61. The van der Waals surface area contributed by atoms with Gasteiger partial charge in [0, 0.05) is 25.2 Å². The zero-order valence-electron chi connectivity index (χ0n) is 12.8. The average Bonchev–Trinajstić information content (AvgIpc) is 2.45. The molecule has 0 spiro atoms. The number of primary amides is 1. The van der Waals surface area contributed by atoms with Crippen molar-refractivity contribution in [2.24, 2.45) is 16.9 Å². The highest BCUT2D eigenvalue weighted by Gasteiger charge is 2.22. The van der Waals surface area contributed by atoms with Crippen molar-refractivity contribution in [2.75, 3.05) is 25.0 Å². The first-order valence-electron chi connectivity index (χ1n) is 6.94. The molecule has 1 amide bonds. The van der Waals surface area contributed by atoms with E-state index in [0.29, 0.717) is 12.1 Å². The number of fused-ring (bicyclic) bond motifs is 1. The van der Waals surface area contributed by atoms with Gasteiger partial charge >= 0.3 is 0 Å². The van der Waals surface area contributed by atoms with E-state index in [-0.39, 0.29) is 5.41 Å². The summed E-state index contributed by atoms with van der Waals surface area (Å²) in [6.07, 6.45) is 1.55. The van der Waals surface area contributed by atoms with Crippen molar-refractivity contribution < 1.29 is 4.79 Å². The second-order valence-corrected chi connectivity index (χ2v) is 6.13. The van der Waals surface area contributed by atoms with Crippen LogP contribution in [-0.4, -0.2) is 31.0 Å². The highest BCUT2D eigenvalue weighted by Crippen LogP contribution is 2.30. The Morgan fingerprint density at radius 1 is 1.33 bits per heavy atom. The molecule has 1 aromatic heterocycles. The van der Waals surface area contributed by atoms with Crippen molar-refractivity contribution in [3.8, 4) is 0 Å². The largest absolute Gasteiger partial charge is 0.373 e. The van der Waals surface area contributed by atoms with Gasteiger partial charge in [0.1, 0.15) is 0 Å². The van der Waals surface area contributed by atoms with Crippen LogP contribution in [0.25, 0.3) is 10.9 Å². The third kappa shape index (κ3) is 3.13. The molecule has 5 nitrogen and oxygen atoms in total. The van der Waals surface area contributed by atoms with Crippen molar-refractivity contribution in [3.05, 3.63) is 36.0 Å². The summed E-state index contributed by atoms with van der Waals surface area (Å²) in [5.74, 6) is -0.472. The molecule has 0 unspecified atom stereocenters. The highest BCUT2D eigenvalue weighted by molar-refractivity contribution is 6.06. The summed E-state index contributed by atoms with van der Waals surface area (Å²) < 4.78 is 0. The fourth-order valence-electron chi connectivity index (χ4n) is 2.50. The molecule has 0 aliphatic rings. The molecule has 0 saturated carbocycles. The summed E-state index contributed by atoms with van der Waals surface area (Å²) in [5, 5.41) is 0.920. The van der Waals surface area contributed by atoms with Gasteiger partial charge in [0.15, 0.2) is 0 Å². The van der Waals surface area contributed by atoms with Crippen molar-refractivity contribution in [1.82, 2.24) is 4.98 Å². The van der Waals surface area contributed by atoms with E-state index in [1.165, 1.54) is 0 Å². The number of amides is 1. The molecule has 0 fully saturated rings. The van der Waals surface area contributed by atoms with Crippen LogP contribution in [0.15, 0.2) is 30.5 Å². The van der Waals surface area contributed by atoms with Gasteiger partial charge in [-0.2, -0.15) is 0 Å². The van der Waals surface area contributed by atoms with Crippen LogP contribution in [-0.2, 0) is 0 Å². The lowest BCUT2D eigenvalue weighted by molar-refractivity contribution is 0.100.